The van der Waals surface area contributed by atoms with Crippen LogP contribution in [-0.4, -0.2) is 23.6 Å². The van der Waals surface area contributed by atoms with Crippen LogP contribution in [0.1, 0.15) is 16.8 Å². The van der Waals surface area contributed by atoms with Gasteiger partial charge in [0.05, 0.1) is 10.7 Å². The minimum atomic E-state index is 0.671. The molecule has 0 aromatic carbocycles. The van der Waals surface area contributed by atoms with Crippen molar-refractivity contribution in [3.05, 3.63) is 33.0 Å². The van der Waals surface area contributed by atoms with Crippen molar-refractivity contribution in [1.29, 1.82) is 0 Å². The van der Waals surface area contributed by atoms with E-state index in [0.717, 1.165) is 31.0 Å². The minimum Gasteiger partial charge on any atom is -0.321 e. The van der Waals surface area contributed by atoms with E-state index in [-0.39, 0.29) is 0 Å². The molecule has 3 heterocycles. The maximum atomic E-state index is 4.58. The summed E-state index contributed by atoms with van der Waals surface area (Å²) >= 11 is 5.16. The first-order valence-electron chi connectivity index (χ1n) is 6.20. The van der Waals surface area contributed by atoms with Crippen LogP contribution in [0, 0.1) is 6.92 Å². The summed E-state index contributed by atoms with van der Waals surface area (Å²) in [5.74, 6) is 0.995. The fourth-order valence-corrected chi connectivity index (χ4v) is 3.66. The van der Waals surface area contributed by atoms with Crippen LogP contribution >= 0.6 is 27.3 Å². The van der Waals surface area contributed by atoms with E-state index in [2.05, 4.69) is 61.5 Å². The molecule has 4 nitrogen and oxygen atoms in total. The second-order valence-corrected chi connectivity index (χ2v) is 6.24. The summed E-state index contributed by atoms with van der Waals surface area (Å²) in [7, 11) is 2.07. The van der Waals surface area contributed by atoms with Crippen molar-refractivity contribution in [3.63, 3.8) is 0 Å². The van der Waals surface area contributed by atoms with Crippen molar-refractivity contribution in [2.75, 3.05) is 18.5 Å². The van der Waals surface area contributed by atoms with Crippen LogP contribution < -0.4 is 10.2 Å². The molecule has 0 radical (unpaired) electrons. The van der Waals surface area contributed by atoms with Crippen LogP contribution in [0.5, 0.6) is 0 Å². The molecule has 2 aromatic heterocycles. The van der Waals surface area contributed by atoms with Gasteiger partial charge in [-0.3, -0.25) is 0 Å². The number of hydrogen-bond acceptors (Lipinski definition) is 5. The van der Waals surface area contributed by atoms with Crippen molar-refractivity contribution in [2.24, 2.45) is 0 Å². The van der Waals surface area contributed by atoms with Crippen LogP contribution in [-0.2, 0) is 13.0 Å². The molecule has 1 N–H and O–H groups in total. The molecule has 1 aliphatic heterocycles. The molecule has 3 rings (SSSR count). The number of anilines is 2. The van der Waals surface area contributed by atoms with E-state index in [4.69, 9.17) is 0 Å². The van der Waals surface area contributed by atoms with Gasteiger partial charge in [-0.15, -0.1) is 11.3 Å². The van der Waals surface area contributed by atoms with E-state index in [0.29, 0.717) is 4.73 Å². The fourth-order valence-electron chi connectivity index (χ4n) is 2.38. The third-order valence-electron chi connectivity index (χ3n) is 3.34. The van der Waals surface area contributed by atoms with Crippen LogP contribution in [0.2, 0.25) is 0 Å². The number of aryl methyl sites for hydroxylation is 1. The Morgan fingerprint density at radius 1 is 1.42 bits per heavy atom. The summed E-state index contributed by atoms with van der Waals surface area (Å²) in [5, 5.41) is 6.74. The van der Waals surface area contributed by atoms with Gasteiger partial charge in [0.2, 0.25) is 0 Å². The third kappa shape index (κ3) is 2.40. The van der Waals surface area contributed by atoms with Gasteiger partial charge in [0.15, 0.2) is 4.73 Å². The van der Waals surface area contributed by atoms with Gasteiger partial charge in [0, 0.05) is 32.1 Å². The Morgan fingerprint density at radius 2 is 2.26 bits per heavy atom. The van der Waals surface area contributed by atoms with Gasteiger partial charge in [-0.2, -0.15) is 0 Å². The van der Waals surface area contributed by atoms with Crippen LogP contribution in [0.4, 0.5) is 10.8 Å². The van der Waals surface area contributed by atoms with E-state index in [1.807, 2.05) is 0 Å². The standard InChI is InChI=1S/C13H15BrN4S/c1-8-4-6-19-12(8)18(2)11-9-7-15-5-3-10(9)16-13(14)17-11/h4,6,15H,3,5,7H2,1-2H3. The molecular formula is C13H15BrN4S. The number of nitrogens with one attached hydrogen (secondary N) is 1. The lowest BCUT2D eigenvalue weighted by molar-refractivity contribution is 0.623. The van der Waals surface area contributed by atoms with E-state index >= 15 is 0 Å². The smallest absolute Gasteiger partial charge is 0.198 e. The largest absolute Gasteiger partial charge is 0.321 e. The Hall–Kier alpha value is -0.980. The molecule has 0 amide bonds. The van der Waals surface area contributed by atoms with E-state index in [1.54, 1.807) is 11.3 Å². The normalized spacial score (nSPS) is 14.3. The lowest BCUT2D eigenvalue weighted by Gasteiger charge is -2.25. The molecule has 100 valence electrons. The molecule has 6 heteroatoms. The first-order chi connectivity index (χ1) is 9.16. The molecule has 0 unspecified atom stereocenters. The van der Waals surface area contributed by atoms with Crippen molar-refractivity contribution >= 4 is 38.1 Å². The predicted octanol–water partition coefficient (Wildman–Crippen LogP) is 3.02. The number of thiophene rings is 1. The summed E-state index contributed by atoms with van der Waals surface area (Å²) < 4.78 is 0.671. The molecular weight excluding hydrogens is 324 g/mol. The van der Waals surface area contributed by atoms with E-state index in [1.165, 1.54) is 16.1 Å². The Labute approximate surface area is 125 Å². The monoisotopic (exact) mass is 338 g/mol. The molecule has 19 heavy (non-hydrogen) atoms. The topological polar surface area (TPSA) is 41.1 Å². The third-order valence-corrected chi connectivity index (χ3v) is 4.79. The van der Waals surface area contributed by atoms with Gasteiger partial charge in [-0.05, 0) is 39.9 Å². The molecule has 0 saturated carbocycles. The lowest BCUT2D eigenvalue weighted by Crippen LogP contribution is -2.28. The Bertz CT molecular complexity index is 611. The molecule has 0 aliphatic carbocycles. The van der Waals surface area contributed by atoms with E-state index in [9.17, 15) is 0 Å². The first-order valence-corrected chi connectivity index (χ1v) is 7.88. The minimum absolute atomic E-state index is 0.671. The summed E-state index contributed by atoms with van der Waals surface area (Å²) in [6, 6.07) is 2.14. The molecule has 0 fully saturated rings. The second-order valence-electron chi connectivity index (χ2n) is 4.64. The maximum absolute atomic E-state index is 4.58. The molecule has 0 bridgehead atoms. The lowest BCUT2D eigenvalue weighted by atomic mass is 10.1. The number of rotatable bonds is 2. The number of halogens is 1. The van der Waals surface area contributed by atoms with Crippen LogP contribution in [0.25, 0.3) is 0 Å². The zero-order valence-corrected chi connectivity index (χ0v) is 13.3. The SMILES string of the molecule is Cc1ccsc1N(C)c1nc(Br)nc2c1CNCC2. The van der Waals surface area contributed by atoms with Crippen molar-refractivity contribution in [1.82, 2.24) is 15.3 Å². The van der Waals surface area contributed by atoms with E-state index < -0.39 is 0 Å². The highest BCUT2D eigenvalue weighted by molar-refractivity contribution is 9.10. The van der Waals surface area contributed by atoms with Gasteiger partial charge < -0.3 is 10.2 Å². The quantitative estimate of drug-likeness (QED) is 0.854. The van der Waals surface area contributed by atoms with Crippen molar-refractivity contribution in [3.8, 4) is 0 Å². The van der Waals surface area contributed by atoms with Crippen molar-refractivity contribution in [2.45, 2.75) is 19.9 Å². The zero-order valence-electron chi connectivity index (χ0n) is 10.9. The number of fused-ring (bicyclic) bond motifs is 1. The summed E-state index contributed by atoms with van der Waals surface area (Å²) in [4.78, 5) is 11.2. The van der Waals surface area contributed by atoms with Crippen molar-refractivity contribution < 1.29 is 0 Å². The summed E-state index contributed by atoms with van der Waals surface area (Å²) in [5.41, 5.74) is 3.64. The number of nitrogens with zero attached hydrogens (tertiary/aromatic N) is 3. The molecule has 1 aliphatic rings. The van der Waals surface area contributed by atoms with Crippen LogP contribution in [0.3, 0.4) is 0 Å². The summed E-state index contributed by atoms with van der Waals surface area (Å²) in [6.07, 6.45) is 0.959. The highest BCUT2D eigenvalue weighted by Gasteiger charge is 2.21. The van der Waals surface area contributed by atoms with Crippen LogP contribution in [0.15, 0.2) is 16.2 Å². The van der Waals surface area contributed by atoms with Gasteiger partial charge in [-0.25, -0.2) is 9.97 Å². The van der Waals surface area contributed by atoms with Gasteiger partial charge >= 0.3 is 0 Å². The highest BCUT2D eigenvalue weighted by atomic mass is 79.9. The average molecular weight is 339 g/mol. The average Bonchev–Trinajstić information content (AvgIpc) is 2.83. The molecule has 0 atom stereocenters. The van der Waals surface area contributed by atoms with Gasteiger partial charge in [-0.1, -0.05) is 0 Å². The maximum Gasteiger partial charge on any atom is 0.198 e. The molecule has 0 spiro atoms. The highest BCUT2D eigenvalue weighted by Crippen LogP contribution is 2.34. The fraction of sp³-hybridized carbons (Fsp3) is 0.385. The molecule has 2 aromatic rings. The first kappa shape index (κ1) is 13.0. The zero-order chi connectivity index (χ0) is 13.4. The Morgan fingerprint density at radius 3 is 3.00 bits per heavy atom. The Kier molecular flexibility index (Phi) is 3.56. The second kappa shape index (κ2) is 5.19. The predicted molar refractivity (Wildman–Crippen MR) is 82.3 cm³/mol. The Balaban J connectivity index is 2.09. The molecule has 0 saturated heterocycles. The van der Waals surface area contributed by atoms with Gasteiger partial charge in [0.25, 0.3) is 0 Å². The number of hydrogen-bond donors (Lipinski definition) is 1. The van der Waals surface area contributed by atoms with Gasteiger partial charge in [0.1, 0.15) is 5.82 Å². The number of aromatic nitrogens is 2. The summed E-state index contributed by atoms with van der Waals surface area (Å²) in [6.45, 7) is 3.95.